The van der Waals surface area contributed by atoms with Crippen LogP contribution in [0.2, 0.25) is 5.02 Å². The largest absolute Gasteiger partial charge is 0.378 e. The molecule has 2 rings (SSSR count). The first-order chi connectivity index (χ1) is 5.75. The normalized spacial score (nSPS) is 14.7. The van der Waals surface area contributed by atoms with Gasteiger partial charge in [-0.05, 0) is 25.1 Å². The Kier molecular flexibility index (Phi) is 1.77. The van der Waals surface area contributed by atoms with Crippen molar-refractivity contribution in [3.05, 3.63) is 23.2 Å². The van der Waals surface area contributed by atoms with Crippen LogP contribution in [0, 0.1) is 0 Å². The van der Waals surface area contributed by atoms with Gasteiger partial charge in [0.05, 0.1) is 17.9 Å². The standard InChI is InChI=1S/C9H9ClN2/c1-6-5-11-9-4-7(10)2-3-8(9)12-6/h2-4,11H,5H2,1H3. The Hall–Kier alpha value is -1.02. The molecule has 1 N–H and O–H groups in total. The predicted octanol–water partition coefficient (Wildman–Crippen LogP) is 2.86. The average Bonchev–Trinajstić information content (AvgIpc) is 2.05. The van der Waals surface area contributed by atoms with Gasteiger partial charge in [0.15, 0.2) is 0 Å². The zero-order valence-electron chi connectivity index (χ0n) is 6.76. The number of halogens is 1. The molecule has 0 atom stereocenters. The summed E-state index contributed by atoms with van der Waals surface area (Å²) in [6.07, 6.45) is 0. The Morgan fingerprint density at radius 3 is 3.17 bits per heavy atom. The fraction of sp³-hybridized carbons (Fsp3) is 0.222. The monoisotopic (exact) mass is 180 g/mol. The van der Waals surface area contributed by atoms with Gasteiger partial charge in [0.1, 0.15) is 0 Å². The van der Waals surface area contributed by atoms with Crippen molar-refractivity contribution in [3.63, 3.8) is 0 Å². The maximum atomic E-state index is 5.82. The molecule has 1 aliphatic rings. The molecule has 0 saturated heterocycles. The Balaban J connectivity index is 2.51. The van der Waals surface area contributed by atoms with E-state index in [1.54, 1.807) is 0 Å². The predicted molar refractivity (Wildman–Crippen MR) is 52.7 cm³/mol. The summed E-state index contributed by atoms with van der Waals surface area (Å²) in [5.41, 5.74) is 3.10. The second kappa shape index (κ2) is 2.79. The van der Waals surface area contributed by atoms with Gasteiger partial charge < -0.3 is 5.32 Å². The quantitative estimate of drug-likeness (QED) is 0.653. The highest BCUT2D eigenvalue weighted by Crippen LogP contribution is 2.30. The SMILES string of the molecule is CC1=Nc2ccc(Cl)cc2NC1. The molecular formula is C9H9ClN2. The van der Waals surface area contributed by atoms with Crippen LogP contribution in [0.4, 0.5) is 11.4 Å². The van der Waals surface area contributed by atoms with Crippen molar-refractivity contribution in [2.45, 2.75) is 6.92 Å². The van der Waals surface area contributed by atoms with Crippen LogP contribution in [-0.2, 0) is 0 Å². The second-order valence-corrected chi connectivity index (χ2v) is 3.30. The van der Waals surface area contributed by atoms with Crippen LogP contribution in [0.3, 0.4) is 0 Å². The van der Waals surface area contributed by atoms with Gasteiger partial charge in [-0.2, -0.15) is 0 Å². The van der Waals surface area contributed by atoms with Crippen LogP contribution < -0.4 is 5.32 Å². The molecule has 0 fully saturated rings. The summed E-state index contributed by atoms with van der Waals surface area (Å²) in [5.74, 6) is 0. The van der Waals surface area contributed by atoms with E-state index >= 15 is 0 Å². The third-order valence-corrected chi connectivity index (χ3v) is 2.04. The first-order valence-corrected chi connectivity index (χ1v) is 4.21. The van der Waals surface area contributed by atoms with Crippen LogP contribution in [0.15, 0.2) is 23.2 Å². The molecule has 0 saturated carbocycles. The fourth-order valence-electron chi connectivity index (χ4n) is 1.22. The highest BCUT2D eigenvalue weighted by atomic mass is 35.5. The third kappa shape index (κ3) is 1.30. The number of benzene rings is 1. The summed E-state index contributed by atoms with van der Waals surface area (Å²) in [4.78, 5) is 4.38. The summed E-state index contributed by atoms with van der Waals surface area (Å²) < 4.78 is 0. The number of nitrogens with zero attached hydrogens (tertiary/aromatic N) is 1. The molecule has 0 aromatic heterocycles. The van der Waals surface area contributed by atoms with E-state index in [1.165, 1.54) is 0 Å². The average molecular weight is 181 g/mol. The molecule has 3 heteroatoms. The second-order valence-electron chi connectivity index (χ2n) is 2.86. The van der Waals surface area contributed by atoms with E-state index in [0.717, 1.165) is 28.7 Å². The van der Waals surface area contributed by atoms with Crippen LogP contribution >= 0.6 is 11.6 Å². The van der Waals surface area contributed by atoms with E-state index in [0.29, 0.717) is 0 Å². The Morgan fingerprint density at radius 2 is 2.33 bits per heavy atom. The fourth-order valence-corrected chi connectivity index (χ4v) is 1.39. The minimum Gasteiger partial charge on any atom is -0.378 e. The third-order valence-electron chi connectivity index (χ3n) is 1.80. The van der Waals surface area contributed by atoms with E-state index in [-0.39, 0.29) is 0 Å². The highest BCUT2D eigenvalue weighted by molar-refractivity contribution is 6.31. The van der Waals surface area contributed by atoms with E-state index in [2.05, 4.69) is 10.3 Å². The highest BCUT2D eigenvalue weighted by Gasteiger charge is 2.07. The summed E-state index contributed by atoms with van der Waals surface area (Å²) in [7, 11) is 0. The first kappa shape index (κ1) is 7.62. The van der Waals surface area contributed by atoms with Gasteiger partial charge in [-0.15, -0.1) is 0 Å². The smallest absolute Gasteiger partial charge is 0.0862 e. The Bertz CT molecular complexity index is 344. The molecule has 0 spiro atoms. The Morgan fingerprint density at radius 1 is 1.50 bits per heavy atom. The van der Waals surface area contributed by atoms with Crippen molar-refractivity contribution in [3.8, 4) is 0 Å². The lowest BCUT2D eigenvalue weighted by molar-refractivity contribution is 1.29. The number of fused-ring (bicyclic) bond motifs is 1. The number of aliphatic imine (C=N–C) groups is 1. The zero-order chi connectivity index (χ0) is 8.55. The molecule has 1 heterocycles. The van der Waals surface area contributed by atoms with Gasteiger partial charge in [-0.25, -0.2) is 0 Å². The van der Waals surface area contributed by atoms with Crippen LogP contribution in [0.25, 0.3) is 0 Å². The number of hydrogen-bond donors (Lipinski definition) is 1. The summed E-state index contributed by atoms with van der Waals surface area (Å²) >= 11 is 5.82. The van der Waals surface area contributed by atoms with Gasteiger partial charge in [0.2, 0.25) is 0 Å². The summed E-state index contributed by atoms with van der Waals surface area (Å²) in [6, 6.07) is 5.67. The maximum absolute atomic E-state index is 5.82. The molecule has 1 aromatic carbocycles. The molecule has 0 bridgehead atoms. The van der Waals surface area contributed by atoms with Gasteiger partial charge >= 0.3 is 0 Å². The molecule has 2 nitrogen and oxygen atoms in total. The van der Waals surface area contributed by atoms with Gasteiger partial charge in [-0.1, -0.05) is 11.6 Å². The van der Waals surface area contributed by atoms with Crippen LogP contribution in [0.5, 0.6) is 0 Å². The van der Waals surface area contributed by atoms with E-state index in [9.17, 15) is 0 Å². The molecule has 0 aliphatic carbocycles. The van der Waals surface area contributed by atoms with Gasteiger partial charge in [0.25, 0.3) is 0 Å². The lowest BCUT2D eigenvalue weighted by Gasteiger charge is -2.15. The summed E-state index contributed by atoms with van der Waals surface area (Å²) in [6.45, 7) is 2.82. The van der Waals surface area contributed by atoms with Crippen molar-refractivity contribution in [2.75, 3.05) is 11.9 Å². The molecule has 62 valence electrons. The van der Waals surface area contributed by atoms with Crippen molar-refractivity contribution in [1.82, 2.24) is 0 Å². The molecule has 0 unspecified atom stereocenters. The van der Waals surface area contributed by atoms with Gasteiger partial charge in [-0.3, -0.25) is 4.99 Å². The topological polar surface area (TPSA) is 24.4 Å². The zero-order valence-corrected chi connectivity index (χ0v) is 7.52. The van der Waals surface area contributed by atoms with E-state index < -0.39 is 0 Å². The minimum absolute atomic E-state index is 0.746. The Labute approximate surface area is 76.3 Å². The number of anilines is 1. The maximum Gasteiger partial charge on any atom is 0.0862 e. The minimum atomic E-state index is 0.746. The van der Waals surface area contributed by atoms with Crippen molar-refractivity contribution >= 4 is 28.7 Å². The van der Waals surface area contributed by atoms with Crippen LogP contribution in [-0.4, -0.2) is 12.3 Å². The molecule has 12 heavy (non-hydrogen) atoms. The number of nitrogens with one attached hydrogen (secondary N) is 1. The molecule has 1 aromatic rings. The number of hydrogen-bond acceptors (Lipinski definition) is 2. The lowest BCUT2D eigenvalue weighted by atomic mass is 10.2. The van der Waals surface area contributed by atoms with Crippen molar-refractivity contribution < 1.29 is 0 Å². The lowest BCUT2D eigenvalue weighted by Crippen LogP contribution is -2.14. The molecule has 0 amide bonds. The van der Waals surface area contributed by atoms with Crippen molar-refractivity contribution in [2.24, 2.45) is 4.99 Å². The summed E-state index contributed by atoms with van der Waals surface area (Å²) in [5, 5.41) is 3.98. The number of rotatable bonds is 0. The molecule has 1 aliphatic heterocycles. The van der Waals surface area contributed by atoms with E-state index in [1.807, 2.05) is 25.1 Å². The van der Waals surface area contributed by atoms with E-state index in [4.69, 9.17) is 11.6 Å². The van der Waals surface area contributed by atoms with Crippen molar-refractivity contribution in [1.29, 1.82) is 0 Å². The molecular weight excluding hydrogens is 172 g/mol. The van der Waals surface area contributed by atoms with Gasteiger partial charge in [0, 0.05) is 10.7 Å². The molecule has 0 radical (unpaired) electrons. The van der Waals surface area contributed by atoms with Crippen LogP contribution in [0.1, 0.15) is 6.92 Å². The first-order valence-electron chi connectivity index (χ1n) is 3.83.